The Labute approximate surface area is 149 Å². The lowest BCUT2D eigenvalue weighted by molar-refractivity contribution is 0.0647. The number of likely N-dealkylation sites (tertiary alicyclic amines) is 1. The third-order valence-corrected chi connectivity index (χ3v) is 4.82. The number of nitrogens with zero attached hydrogens (tertiary/aromatic N) is 1. The molecule has 2 fully saturated rings. The quantitative estimate of drug-likeness (QED) is 0.882. The zero-order valence-electron chi connectivity index (χ0n) is 14.1. The lowest BCUT2D eigenvalue weighted by atomic mass is 10.1. The van der Waals surface area contributed by atoms with E-state index in [1.807, 2.05) is 29.2 Å². The highest BCUT2D eigenvalue weighted by Gasteiger charge is 2.33. The van der Waals surface area contributed by atoms with Crippen molar-refractivity contribution >= 4 is 18.3 Å². The van der Waals surface area contributed by atoms with Gasteiger partial charge in [-0.2, -0.15) is 0 Å². The zero-order valence-corrected chi connectivity index (χ0v) is 15.0. The van der Waals surface area contributed by atoms with E-state index in [0.29, 0.717) is 30.4 Å². The SMILES string of the molecule is CC1CC(CN)CN1C(=O)c1ccccc1OCC1CCCO1.Cl. The van der Waals surface area contributed by atoms with Crippen molar-refractivity contribution < 1.29 is 14.3 Å². The molecule has 1 aromatic carbocycles. The standard InChI is InChI=1S/C18H26N2O3.ClH/c1-13-9-14(10-19)11-20(13)18(21)16-6-2-3-7-17(16)23-12-15-5-4-8-22-15;/h2-3,6-7,13-15H,4-5,8-12,19H2,1H3;1H. The summed E-state index contributed by atoms with van der Waals surface area (Å²) in [6.45, 7) is 4.76. The molecule has 134 valence electrons. The summed E-state index contributed by atoms with van der Waals surface area (Å²) in [5, 5.41) is 0. The molecule has 0 aliphatic carbocycles. The smallest absolute Gasteiger partial charge is 0.257 e. The lowest BCUT2D eigenvalue weighted by Gasteiger charge is -2.23. The number of benzene rings is 1. The summed E-state index contributed by atoms with van der Waals surface area (Å²) in [6.07, 6.45) is 3.23. The molecule has 2 heterocycles. The summed E-state index contributed by atoms with van der Waals surface area (Å²) in [4.78, 5) is 14.8. The molecule has 1 amide bonds. The van der Waals surface area contributed by atoms with Crippen LogP contribution in [0.4, 0.5) is 0 Å². The summed E-state index contributed by atoms with van der Waals surface area (Å²) < 4.78 is 11.5. The molecule has 0 saturated carbocycles. The van der Waals surface area contributed by atoms with Gasteiger partial charge in [0.2, 0.25) is 0 Å². The minimum atomic E-state index is 0. The molecule has 2 aliphatic heterocycles. The number of para-hydroxylation sites is 1. The third-order valence-electron chi connectivity index (χ3n) is 4.82. The van der Waals surface area contributed by atoms with Gasteiger partial charge in [0.25, 0.3) is 5.91 Å². The van der Waals surface area contributed by atoms with Gasteiger partial charge >= 0.3 is 0 Å². The van der Waals surface area contributed by atoms with Gasteiger partial charge in [0, 0.05) is 19.2 Å². The van der Waals surface area contributed by atoms with Gasteiger partial charge in [-0.15, -0.1) is 12.4 Å². The molecule has 5 nitrogen and oxygen atoms in total. The second kappa shape index (κ2) is 8.70. The van der Waals surface area contributed by atoms with Crippen molar-refractivity contribution in [1.29, 1.82) is 0 Å². The molecule has 3 unspecified atom stereocenters. The van der Waals surface area contributed by atoms with Crippen LogP contribution in [-0.2, 0) is 4.74 Å². The number of hydrogen-bond donors (Lipinski definition) is 1. The lowest BCUT2D eigenvalue weighted by Crippen LogP contribution is -2.34. The number of nitrogens with two attached hydrogens (primary N) is 1. The Morgan fingerprint density at radius 2 is 2.21 bits per heavy atom. The first-order valence-electron chi connectivity index (χ1n) is 8.53. The fourth-order valence-corrected chi connectivity index (χ4v) is 3.48. The molecule has 0 spiro atoms. The number of ether oxygens (including phenoxy) is 2. The molecule has 24 heavy (non-hydrogen) atoms. The summed E-state index contributed by atoms with van der Waals surface area (Å²) in [6, 6.07) is 7.71. The number of carbonyl (C=O) groups is 1. The molecule has 2 N–H and O–H groups in total. The van der Waals surface area contributed by atoms with Gasteiger partial charge in [-0.1, -0.05) is 12.1 Å². The second-order valence-corrected chi connectivity index (χ2v) is 6.59. The predicted octanol–water partition coefficient (Wildman–Crippen LogP) is 2.48. The van der Waals surface area contributed by atoms with Gasteiger partial charge in [-0.3, -0.25) is 4.79 Å². The van der Waals surface area contributed by atoms with Crippen LogP contribution in [0.25, 0.3) is 0 Å². The molecular formula is C18H27ClN2O3. The average molecular weight is 355 g/mol. The largest absolute Gasteiger partial charge is 0.490 e. The Morgan fingerprint density at radius 3 is 2.88 bits per heavy atom. The van der Waals surface area contributed by atoms with Gasteiger partial charge in [0.05, 0.1) is 11.7 Å². The van der Waals surface area contributed by atoms with Crippen LogP contribution in [0, 0.1) is 5.92 Å². The van der Waals surface area contributed by atoms with Gasteiger partial charge in [-0.25, -0.2) is 0 Å². The second-order valence-electron chi connectivity index (χ2n) is 6.59. The molecule has 2 saturated heterocycles. The van der Waals surface area contributed by atoms with Crippen LogP contribution in [-0.4, -0.2) is 49.3 Å². The normalized spacial score (nSPS) is 26.2. The summed E-state index contributed by atoms with van der Waals surface area (Å²) >= 11 is 0. The highest BCUT2D eigenvalue weighted by atomic mass is 35.5. The van der Waals surface area contributed by atoms with E-state index in [4.69, 9.17) is 15.2 Å². The van der Waals surface area contributed by atoms with E-state index in [-0.39, 0.29) is 30.5 Å². The van der Waals surface area contributed by atoms with Crippen molar-refractivity contribution in [3.8, 4) is 5.75 Å². The van der Waals surface area contributed by atoms with Crippen molar-refractivity contribution in [2.75, 3.05) is 26.3 Å². The van der Waals surface area contributed by atoms with E-state index in [1.54, 1.807) is 0 Å². The molecule has 3 atom stereocenters. The Kier molecular flexibility index (Phi) is 6.90. The molecular weight excluding hydrogens is 328 g/mol. The predicted molar refractivity (Wildman–Crippen MR) is 95.8 cm³/mol. The van der Waals surface area contributed by atoms with E-state index < -0.39 is 0 Å². The van der Waals surface area contributed by atoms with E-state index in [0.717, 1.165) is 32.4 Å². The van der Waals surface area contributed by atoms with Crippen LogP contribution < -0.4 is 10.5 Å². The van der Waals surface area contributed by atoms with Gasteiger partial charge < -0.3 is 20.1 Å². The third kappa shape index (κ3) is 4.21. The van der Waals surface area contributed by atoms with Crippen molar-refractivity contribution in [2.24, 2.45) is 11.7 Å². The highest BCUT2D eigenvalue weighted by Crippen LogP contribution is 2.28. The van der Waals surface area contributed by atoms with Crippen LogP contribution in [0.5, 0.6) is 5.75 Å². The molecule has 0 radical (unpaired) electrons. The van der Waals surface area contributed by atoms with Crippen LogP contribution in [0.15, 0.2) is 24.3 Å². The molecule has 6 heteroatoms. The maximum Gasteiger partial charge on any atom is 0.257 e. The van der Waals surface area contributed by atoms with Crippen molar-refractivity contribution in [1.82, 2.24) is 4.90 Å². The molecule has 3 rings (SSSR count). The Morgan fingerprint density at radius 1 is 1.42 bits per heavy atom. The molecule has 2 aliphatic rings. The van der Waals surface area contributed by atoms with Gasteiger partial charge in [-0.05, 0) is 50.8 Å². The Hall–Kier alpha value is -1.30. The minimum Gasteiger partial charge on any atom is -0.490 e. The van der Waals surface area contributed by atoms with Crippen molar-refractivity contribution in [3.05, 3.63) is 29.8 Å². The monoisotopic (exact) mass is 354 g/mol. The van der Waals surface area contributed by atoms with Gasteiger partial charge in [0.15, 0.2) is 0 Å². The maximum absolute atomic E-state index is 12.9. The fraction of sp³-hybridized carbons (Fsp3) is 0.611. The Balaban J connectivity index is 0.00000208. The average Bonchev–Trinajstić information content (AvgIpc) is 3.22. The first-order chi connectivity index (χ1) is 11.2. The first-order valence-corrected chi connectivity index (χ1v) is 8.53. The van der Waals surface area contributed by atoms with E-state index in [9.17, 15) is 4.79 Å². The summed E-state index contributed by atoms with van der Waals surface area (Å²) in [7, 11) is 0. The molecule has 0 aromatic heterocycles. The van der Waals surface area contributed by atoms with Crippen LogP contribution in [0.2, 0.25) is 0 Å². The summed E-state index contributed by atoms with van der Waals surface area (Å²) in [5.41, 5.74) is 6.40. The van der Waals surface area contributed by atoms with E-state index in [1.165, 1.54) is 0 Å². The highest BCUT2D eigenvalue weighted by molar-refractivity contribution is 5.97. The molecule has 1 aromatic rings. The number of amides is 1. The number of halogens is 1. The number of hydrogen-bond acceptors (Lipinski definition) is 4. The summed E-state index contributed by atoms with van der Waals surface area (Å²) in [5.74, 6) is 1.08. The number of carbonyl (C=O) groups excluding carboxylic acids is 1. The number of rotatable bonds is 5. The minimum absolute atomic E-state index is 0. The maximum atomic E-state index is 12.9. The van der Waals surface area contributed by atoms with Crippen molar-refractivity contribution in [2.45, 2.75) is 38.3 Å². The Bertz CT molecular complexity index is 549. The van der Waals surface area contributed by atoms with Gasteiger partial charge in [0.1, 0.15) is 12.4 Å². The van der Waals surface area contributed by atoms with E-state index in [2.05, 4.69) is 6.92 Å². The van der Waals surface area contributed by atoms with Crippen LogP contribution >= 0.6 is 12.4 Å². The zero-order chi connectivity index (χ0) is 16.2. The molecule has 0 bridgehead atoms. The van der Waals surface area contributed by atoms with Crippen LogP contribution in [0.1, 0.15) is 36.5 Å². The fourth-order valence-electron chi connectivity index (χ4n) is 3.48. The first kappa shape index (κ1) is 19.0. The topological polar surface area (TPSA) is 64.8 Å². The van der Waals surface area contributed by atoms with E-state index >= 15 is 0 Å². The van der Waals surface area contributed by atoms with Crippen molar-refractivity contribution in [3.63, 3.8) is 0 Å². The van der Waals surface area contributed by atoms with Crippen LogP contribution in [0.3, 0.4) is 0 Å².